The van der Waals surface area contributed by atoms with Gasteiger partial charge in [-0.15, -0.1) is 0 Å². The molecule has 2 aromatic rings. The quantitative estimate of drug-likeness (QED) is 0.807. The van der Waals surface area contributed by atoms with Crippen LogP contribution in [0.1, 0.15) is 36.0 Å². The van der Waals surface area contributed by atoms with Gasteiger partial charge in [0.25, 0.3) is 5.91 Å². The summed E-state index contributed by atoms with van der Waals surface area (Å²) in [6.07, 6.45) is 4.12. The first-order chi connectivity index (χ1) is 10.1. The molecule has 0 spiro atoms. The highest BCUT2D eigenvalue weighted by molar-refractivity contribution is 9.09. The summed E-state index contributed by atoms with van der Waals surface area (Å²) in [6, 6.07) is 11.3. The summed E-state index contributed by atoms with van der Waals surface area (Å²) < 4.78 is 0. The topological polar surface area (TPSA) is 49.3 Å². The minimum atomic E-state index is -0.184. The van der Waals surface area contributed by atoms with Crippen molar-refractivity contribution in [2.45, 2.75) is 36.6 Å². The maximum absolute atomic E-state index is 12.4. The molecule has 3 rings (SSSR count). The fourth-order valence-corrected chi connectivity index (χ4v) is 3.43. The van der Waals surface area contributed by atoms with E-state index in [2.05, 4.69) is 21.2 Å². The molecular weight excluding hydrogens is 330 g/mol. The van der Waals surface area contributed by atoms with Crippen molar-refractivity contribution in [1.29, 1.82) is 0 Å². The van der Waals surface area contributed by atoms with Gasteiger partial charge in [0.15, 0.2) is 0 Å². The standard InChI is InChI=1S/C17H18BrNO2/c18-12-6-8-13(9-7-12)19-17(21)15-10-5-11-3-1-2-4-14(11)16(15)20/h1-5,10,12-13,20H,6-9H2,(H,19,21). The molecule has 2 aromatic carbocycles. The van der Waals surface area contributed by atoms with Gasteiger partial charge in [0, 0.05) is 16.3 Å². The third kappa shape index (κ3) is 3.05. The molecule has 1 fully saturated rings. The number of hydrogen-bond acceptors (Lipinski definition) is 2. The van der Waals surface area contributed by atoms with E-state index in [-0.39, 0.29) is 17.7 Å². The van der Waals surface area contributed by atoms with Crippen LogP contribution in [-0.4, -0.2) is 21.9 Å². The van der Waals surface area contributed by atoms with Crippen LogP contribution in [0.2, 0.25) is 0 Å². The Morgan fingerprint density at radius 3 is 2.57 bits per heavy atom. The Morgan fingerprint density at radius 2 is 1.81 bits per heavy atom. The molecule has 2 N–H and O–H groups in total. The first-order valence-corrected chi connectivity index (χ1v) is 8.22. The smallest absolute Gasteiger partial charge is 0.255 e. The lowest BCUT2D eigenvalue weighted by molar-refractivity contribution is 0.0926. The van der Waals surface area contributed by atoms with Crippen LogP contribution in [-0.2, 0) is 0 Å². The van der Waals surface area contributed by atoms with Gasteiger partial charge in [0.1, 0.15) is 5.75 Å². The lowest BCUT2D eigenvalue weighted by atomic mass is 9.95. The second-order valence-electron chi connectivity index (χ2n) is 5.61. The van der Waals surface area contributed by atoms with Crippen molar-refractivity contribution in [3.63, 3.8) is 0 Å². The number of hydrogen-bond donors (Lipinski definition) is 2. The van der Waals surface area contributed by atoms with Crippen LogP contribution in [0, 0.1) is 0 Å². The minimum absolute atomic E-state index is 0.0692. The summed E-state index contributed by atoms with van der Waals surface area (Å²) in [7, 11) is 0. The van der Waals surface area contributed by atoms with Gasteiger partial charge >= 0.3 is 0 Å². The van der Waals surface area contributed by atoms with Gasteiger partial charge in [-0.05, 0) is 37.1 Å². The summed E-state index contributed by atoms with van der Waals surface area (Å²) >= 11 is 3.61. The van der Waals surface area contributed by atoms with Crippen LogP contribution in [0.5, 0.6) is 5.75 Å². The number of phenolic OH excluding ortho intramolecular Hbond substituents is 1. The van der Waals surface area contributed by atoms with E-state index in [9.17, 15) is 9.90 Å². The van der Waals surface area contributed by atoms with Gasteiger partial charge in [0.2, 0.25) is 0 Å². The lowest BCUT2D eigenvalue weighted by Gasteiger charge is -2.26. The van der Waals surface area contributed by atoms with Crippen LogP contribution in [0.3, 0.4) is 0 Å². The Hall–Kier alpha value is -1.55. The van der Waals surface area contributed by atoms with Gasteiger partial charge in [-0.1, -0.05) is 46.3 Å². The molecule has 1 amide bonds. The van der Waals surface area contributed by atoms with E-state index in [1.54, 1.807) is 6.07 Å². The fourth-order valence-electron chi connectivity index (χ4n) is 2.90. The molecule has 1 saturated carbocycles. The van der Waals surface area contributed by atoms with Gasteiger partial charge in [-0.3, -0.25) is 4.79 Å². The SMILES string of the molecule is O=C(NC1CCC(Br)CC1)c1ccc2ccccc2c1O. The summed E-state index contributed by atoms with van der Waals surface area (Å²) in [5.74, 6) is -0.115. The molecule has 0 bridgehead atoms. The van der Waals surface area contributed by atoms with Gasteiger partial charge in [0.05, 0.1) is 5.56 Å². The average molecular weight is 348 g/mol. The van der Waals surface area contributed by atoms with Crippen LogP contribution >= 0.6 is 15.9 Å². The Bertz CT molecular complexity index is 663. The lowest BCUT2D eigenvalue weighted by Crippen LogP contribution is -2.37. The molecule has 4 heteroatoms. The van der Waals surface area contributed by atoms with E-state index < -0.39 is 0 Å². The predicted octanol–water partition coefficient (Wildman–Crippen LogP) is 3.98. The van der Waals surface area contributed by atoms with E-state index >= 15 is 0 Å². The molecule has 110 valence electrons. The Labute approximate surface area is 132 Å². The number of carbonyl (C=O) groups is 1. The van der Waals surface area contributed by atoms with Crippen molar-refractivity contribution in [3.05, 3.63) is 42.0 Å². The molecule has 0 radical (unpaired) electrons. The van der Waals surface area contributed by atoms with Crippen molar-refractivity contribution in [3.8, 4) is 5.75 Å². The van der Waals surface area contributed by atoms with Crippen molar-refractivity contribution < 1.29 is 9.90 Å². The number of carbonyl (C=O) groups excluding carboxylic acids is 1. The summed E-state index contributed by atoms with van der Waals surface area (Å²) in [5, 5.41) is 15.0. The maximum atomic E-state index is 12.4. The number of alkyl halides is 1. The predicted molar refractivity (Wildman–Crippen MR) is 88.1 cm³/mol. The zero-order valence-electron chi connectivity index (χ0n) is 11.7. The highest BCUT2D eigenvalue weighted by atomic mass is 79.9. The molecule has 1 aliphatic carbocycles. The molecular formula is C17H18BrNO2. The van der Waals surface area contributed by atoms with E-state index in [1.807, 2.05) is 30.3 Å². The molecule has 0 saturated heterocycles. The normalized spacial score (nSPS) is 22.1. The van der Waals surface area contributed by atoms with E-state index in [0.29, 0.717) is 15.8 Å². The third-order valence-corrected chi connectivity index (χ3v) is 5.05. The third-order valence-electron chi connectivity index (χ3n) is 4.14. The Kier molecular flexibility index (Phi) is 4.15. The van der Waals surface area contributed by atoms with E-state index in [1.165, 1.54) is 0 Å². The van der Waals surface area contributed by atoms with Gasteiger partial charge in [-0.2, -0.15) is 0 Å². The minimum Gasteiger partial charge on any atom is -0.506 e. The number of rotatable bonds is 2. The molecule has 3 nitrogen and oxygen atoms in total. The molecule has 0 aliphatic heterocycles. The molecule has 0 unspecified atom stereocenters. The van der Waals surface area contributed by atoms with Crippen molar-refractivity contribution in [2.24, 2.45) is 0 Å². The first-order valence-electron chi connectivity index (χ1n) is 7.31. The van der Waals surface area contributed by atoms with Crippen molar-refractivity contribution in [1.82, 2.24) is 5.32 Å². The second-order valence-corrected chi connectivity index (χ2v) is 6.90. The zero-order chi connectivity index (χ0) is 14.8. The molecule has 0 heterocycles. The fraction of sp³-hybridized carbons (Fsp3) is 0.353. The number of amides is 1. The van der Waals surface area contributed by atoms with E-state index in [0.717, 1.165) is 31.1 Å². The monoisotopic (exact) mass is 347 g/mol. The number of nitrogens with one attached hydrogen (secondary N) is 1. The molecule has 0 atom stereocenters. The Morgan fingerprint density at radius 1 is 1.10 bits per heavy atom. The summed E-state index contributed by atoms with van der Waals surface area (Å²) in [6.45, 7) is 0. The maximum Gasteiger partial charge on any atom is 0.255 e. The van der Waals surface area contributed by atoms with E-state index in [4.69, 9.17) is 0 Å². The Balaban J connectivity index is 1.80. The molecule has 21 heavy (non-hydrogen) atoms. The van der Waals surface area contributed by atoms with Crippen LogP contribution in [0.15, 0.2) is 36.4 Å². The number of fused-ring (bicyclic) bond motifs is 1. The van der Waals surface area contributed by atoms with Gasteiger partial charge < -0.3 is 10.4 Å². The zero-order valence-corrected chi connectivity index (χ0v) is 13.3. The number of benzene rings is 2. The summed E-state index contributed by atoms with van der Waals surface area (Å²) in [4.78, 5) is 12.9. The second kappa shape index (κ2) is 6.06. The molecule has 0 aromatic heterocycles. The van der Waals surface area contributed by atoms with Crippen LogP contribution in [0.25, 0.3) is 10.8 Å². The highest BCUT2D eigenvalue weighted by Crippen LogP contribution is 2.29. The average Bonchev–Trinajstić information content (AvgIpc) is 2.50. The first kappa shape index (κ1) is 14.4. The largest absolute Gasteiger partial charge is 0.506 e. The van der Waals surface area contributed by atoms with Crippen LogP contribution in [0.4, 0.5) is 0 Å². The van der Waals surface area contributed by atoms with Gasteiger partial charge in [-0.25, -0.2) is 0 Å². The van der Waals surface area contributed by atoms with Crippen molar-refractivity contribution in [2.75, 3.05) is 0 Å². The molecule has 1 aliphatic rings. The number of aromatic hydroxyl groups is 1. The number of phenols is 1. The highest BCUT2D eigenvalue weighted by Gasteiger charge is 2.22. The van der Waals surface area contributed by atoms with Crippen molar-refractivity contribution >= 4 is 32.6 Å². The van der Waals surface area contributed by atoms with Crippen LogP contribution < -0.4 is 5.32 Å². The summed E-state index contributed by atoms with van der Waals surface area (Å²) in [5.41, 5.74) is 0.356. The number of halogens is 1.